The van der Waals surface area contributed by atoms with Crippen LogP contribution in [0.15, 0.2) is 18.2 Å². The van der Waals surface area contributed by atoms with Crippen molar-refractivity contribution in [3.63, 3.8) is 0 Å². The number of nitrogen functional groups attached to an aromatic ring is 1. The van der Waals surface area contributed by atoms with Gasteiger partial charge in [-0.3, -0.25) is 0 Å². The molecule has 0 aliphatic carbocycles. The van der Waals surface area contributed by atoms with E-state index in [2.05, 4.69) is 0 Å². The lowest BCUT2D eigenvalue weighted by molar-refractivity contribution is 0.174. The molecule has 12 heavy (non-hydrogen) atoms. The van der Waals surface area contributed by atoms with Crippen LogP contribution in [0, 0.1) is 0 Å². The van der Waals surface area contributed by atoms with E-state index in [1.165, 1.54) is 12.1 Å². The second kappa shape index (κ2) is 3.45. The Morgan fingerprint density at radius 3 is 2.75 bits per heavy atom. The molecular formula is C9H13NO2. The first-order valence-electron chi connectivity index (χ1n) is 3.91. The number of nitrogens with two attached hydrogens (primary N) is 1. The van der Waals surface area contributed by atoms with E-state index in [0.717, 1.165) is 0 Å². The molecule has 0 fully saturated rings. The third-order valence-corrected chi connectivity index (χ3v) is 1.82. The minimum Gasteiger partial charge on any atom is -0.508 e. The molecule has 66 valence electrons. The molecule has 0 radical (unpaired) electrons. The minimum atomic E-state index is -0.586. The van der Waals surface area contributed by atoms with Crippen LogP contribution < -0.4 is 5.73 Å². The average molecular weight is 167 g/mol. The molecule has 0 aromatic heterocycles. The molecule has 0 heterocycles. The predicted molar refractivity (Wildman–Crippen MR) is 47.8 cm³/mol. The fraction of sp³-hybridized carbons (Fsp3) is 0.333. The maximum atomic E-state index is 9.44. The molecule has 0 saturated heterocycles. The van der Waals surface area contributed by atoms with Gasteiger partial charge in [0, 0.05) is 11.3 Å². The van der Waals surface area contributed by atoms with Crippen molar-refractivity contribution >= 4 is 5.69 Å². The fourth-order valence-electron chi connectivity index (χ4n) is 1.07. The molecule has 0 bridgehead atoms. The van der Waals surface area contributed by atoms with E-state index in [1.54, 1.807) is 6.07 Å². The summed E-state index contributed by atoms with van der Waals surface area (Å²) in [6, 6.07) is 4.58. The van der Waals surface area contributed by atoms with Crippen LogP contribution in [0.1, 0.15) is 25.0 Å². The van der Waals surface area contributed by atoms with Crippen molar-refractivity contribution in [3.05, 3.63) is 23.8 Å². The Balaban J connectivity index is 3.04. The Bertz CT molecular complexity index is 273. The molecule has 0 aliphatic rings. The molecule has 1 rings (SSSR count). The number of benzene rings is 1. The SMILES string of the molecule is CCC(O)c1cc(O)ccc1N. The second-order valence-electron chi connectivity index (χ2n) is 2.74. The van der Waals surface area contributed by atoms with Gasteiger partial charge in [0.25, 0.3) is 0 Å². The van der Waals surface area contributed by atoms with Crippen molar-refractivity contribution < 1.29 is 10.2 Å². The van der Waals surface area contributed by atoms with Crippen molar-refractivity contribution in [3.8, 4) is 5.75 Å². The maximum Gasteiger partial charge on any atom is 0.116 e. The number of aliphatic hydroxyl groups excluding tert-OH is 1. The minimum absolute atomic E-state index is 0.131. The Hall–Kier alpha value is -1.22. The highest BCUT2D eigenvalue weighted by atomic mass is 16.3. The number of hydrogen-bond acceptors (Lipinski definition) is 3. The third-order valence-electron chi connectivity index (χ3n) is 1.82. The van der Waals surface area contributed by atoms with E-state index in [0.29, 0.717) is 17.7 Å². The highest BCUT2D eigenvalue weighted by molar-refractivity contribution is 5.51. The van der Waals surface area contributed by atoms with E-state index >= 15 is 0 Å². The summed E-state index contributed by atoms with van der Waals surface area (Å²) in [6.45, 7) is 1.86. The number of rotatable bonds is 2. The molecule has 1 atom stereocenters. The maximum absolute atomic E-state index is 9.44. The monoisotopic (exact) mass is 167 g/mol. The zero-order valence-electron chi connectivity index (χ0n) is 6.99. The van der Waals surface area contributed by atoms with Gasteiger partial charge in [0.2, 0.25) is 0 Å². The first-order valence-corrected chi connectivity index (χ1v) is 3.91. The third kappa shape index (κ3) is 1.68. The summed E-state index contributed by atoms with van der Waals surface area (Å²) < 4.78 is 0. The first kappa shape index (κ1) is 8.87. The van der Waals surface area contributed by atoms with Crippen LogP contribution in [0.3, 0.4) is 0 Å². The van der Waals surface area contributed by atoms with Gasteiger partial charge in [-0.2, -0.15) is 0 Å². The summed E-state index contributed by atoms with van der Waals surface area (Å²) in [5, 5.41) is 18.6. The van der Waals surface area contributed by atoms with Crippen molar-refractivity contribution in [2.24, 2.45) is 0 Å². The van der Waals surface area contributed by atoms with E-state index in [1.807, 2.05) is 6.92 Å². The molecule has 4 N–H and O–H groups in total. The fourth-order valence-corrected chi connectivity index (χ4v) is 1.07. The summed E-state index contributed by atoms with van der Waals surface area (Å²) in [7, 11) is 0. The van der Waals surface area contributed by atoms with E-state index in [4.69, 9.17) is 10.8 Å². The zero-order chi connectivity index (χ0) is 9.14. The van der Waals surface area contributed by atoms with Crippen LogP contribution in [0.2, 0.25) is 0 Å². The van der Waals surface area contributed by atoms with Crippen LogP contribution in [0.5, 0.6) is 5.75 Å². The topological polar surface area (TPSA) is 66.5 Å². The molecule has 0 spiro atoms. The van der Waals surface area contributed by atoms with Gasteiger partial charge in [-0.15, -0.1) is 0 Å². The average Bonchev–Trinajstić information content (AvgIpc) is 2.08. The van der Waals surface area contributed by atoms with Crippen molar-refractivity contribution in [2.75, 3.05) is 5.73 Å². The Morgan fingerprint density at radius 1 is 1.50 bits per heavy atom. The Morgan fingerprint density at radius 2 is 2.17 bits per heavy atom. The smallest absolute Gasteiger partial charge is 0.116 e. The summed E-state index contributed by atoms with van der Waals surface area (Å²) in [5.74, 6) is 0.131. The van der Waals surface area contributed by atoms with E-state index < -0.39 is 6.10 Å². The number of aromatic hydroxyl groups is 1. The van der Waals surface area contributed by atoms with Crippen molar-refractivity contribution in [2.45, 2.75) is 19.4 Å². The Labute approximate surface area is 71.5 Å². The lowest BCUT2D eigenvalue weighted by Crippen LogP contribution is -2.00. The second-order valence-corrected chi connectivity index (χ2v) is 2.74. The molecular weight excluding hydrogens is 154 g/mol. The molecule has 0 saturated carbocycles. The van der Waals surface area contributed by atoms with Crippen LogP contribution in [-0.4, -0.2) is 10.2 Å². The molecule has 0 aliphatic heterocycles. The molecule has 1 aromatic rings. The number of hydrogen-bond donors (Lipinski definition) is 3. The molecule has 3 heteroatoms. The first-order chi connectivity index (χ1) is 5.65. The number of phenols is 1. The molecule has 0 amide bonds. The molecule has 3 nitrogen and oxygen atoms in total. The van der Waals surface area contributed by atoms with Gasteiger partial charge in [0.15, 0.2) is 0 Å². The van der Waals surface area contributed by atoms with Gasteiger partial charge in [0.05, 0.1) is 6.10 Å². The standard InChI is InChI=1S/C9H13NO2/c1-2-9(12)7-5-6(11)3-4-8(7)10/h3-5,9,11-12H,2,10H2,1H3. The predicted octanol–water partition coefficient (Wildman–Crippen LogP) is 1.42. The highest BCUT2D eigenvalue weighted by Crippen LogP contribution is 2.26. The van der Waals surface area contributed by atoms with E-state index in [-0.39, 0.29) is 5.75 Å². The summed E-state index contributed by atoms with van der Waals surface area (Å²) in [5.41, 5.74) is 6.71. The van der Waals surface area contributed by atoms with Gasteiger partial charge in [-0.05, 0) is 24.6 Å². The van der Waals surface area contributed by atoms with Crippen molar-refractivity contribution in [1.82, 2.24) is 0 Å². The van der Waals surface area contributed by atoms with Gasteiger partial charge in [-0.25, -0.2) is 0 Å². The van der Waals surface area contributed by atoms with Crippen LogP contribution in [0.4, 0.5) is 5.69 Å². The van der Waals surface area contributed by atoms with Gasteiger partial charge in [-0.1, -0.05) is 6.92 Å². The van der Waals surface area contributed by atoms with Gasteiger partial charge in [0.1, 0.15) is 5.75 Å². The number of anilines is 1. The normalized spacial score (nSPS) is 12.8. The van der Waals surface area contributed by atoms with Crippen LogP contribution >= 0.6 is 0 Å². The Kier molecular flexibility index (Phi) is 2.55. The summed E-state index contributed by atoms with van der Waals surface area (Å²) in [4.78, 5) is 0. The highest BCUT2D eigenvalue weighted by Gasteiger charge is 2.08. The van der Waals surface area contributed by atoms with Gasteiger partial charge < -0.3 is 15.9 Å². The van der Waals surface area contributed by atoms with Gasteiger partial charge >= 0.3 is 0 Å². The summed E-state index contributed by atoms with van der Waals surface area (Å²) >= 11 is 0. The zero-order valence-corrected chi connectivity index (χ0v) is 6.99. The van der Waals surface area contributed by atoms with Crippen molar-refractivity contribution in [1.29, 1.82) is 0 Å². The number of aliphatic hydroxyl groups is 1. The number of phenolic OH excluding ortho intramolecular Hbond substituents is 1. The van der Waals surface area contributed by atoms with E-state index in [9.17, 15) is 5.11 Å². The quantitative estimate of drug-likeness (QED) is 0.461. The molecule has 1 unspecified atom stereocenters. The lowest BCUT2D eigenvalue weighted by Gasteiger charge is -2.10. The largest absolute Gasteiger partial charge is 0.508 e. The summed E-state index contributed by atoms with van der Waals surface area (Å²) in [6.07, 6.45) is 0.00491. The lowest BCUT2D eigenvalue weighted by atomic mass is 10.1. The van der Waals surface area contributed by atoms with Crippen LogP contribution in [-0.2, 0) is 0 Å². The van der Waals surface area contributed by atoms with Crippen LogP contribution in [0.25, 0.3) is 0 Å². The molecule has 1 aromatic carbocycles.